The zero-order valence-electron chi connectivity index (χ0n) is 12.2. The van der Waals surface area contributed by atoms with Crippen LogP contribution in [-0.2, 0) is 0 Å². The molecule has 1 amide bonds. The monoisotopic (exact) mass is 313 g/mol. The van der Waals surface area contributed by atoms with Crippen LogP contribution in [0.3, 0.4) is 0 Å². The molecule has 0 N–H and O–H groups in total. The highest BCUT2D eigenvalue weighted by atomic mass is 32.1. The Kier molecular flexibility index (Phi) is 3.97. The zero-order chi connectivity index (χ0) is 15.5. The maximum absolute atomic E-state index is 12.6. The number of rotatable bonds is 4. The van der Waals surface area contributed by atoms with E-state index in [9.17, 15) is 4.79 Å². The molecule has 1 aromatic carbocycles. The number of nitrogens with zero attached hydrogens (tertiary/aromatic N) is 5. The Hall–Kier alpha value is -2.54. The zero-order valence-corrected chi connectivity index (χ0v) is 13.1. The summed E-state index contributed by atoms with van der Waals surface area (Å²) in [4.78, 5) is 18.5. The molecule has 2 aromatic heterocycles. The molecule has 3 rings (SSSR count). The number of amides is 1. The van der Waals surface area contributed by atoms with E-state index in [1.165, 1.54) is 0 Å². The molecule has 0 aliphatic heterocycles. The summed E-state index contributed by atoms with van der Waals surface area (Å²) in [6, 6.07) is 7.31. The predicted molar refractivity (Wildman–Crippen MR) is 84.0 cm³/mol. The topological polar surface area (TPSA) is 63.9 Å². The van der Waals surface area contributed by atoms with E-state index in [0.717, 1.165) is 10.7 Å². The minimum atomic E-state index is -0.0509. The molecule has 7 heteroatoms. The molecule has 0 saturated carbocycles. The van der Waals surface area contributed by atoms with E-state index in [4.69, 9.17) is 0 Å². The summed E-state index contributed by atoms with van der Waals surface area (Å²) in [5.74, 6) is -0.0296. The number of carbonyl (C=O) groups is 1. The van der Waals surface area contributed by atoms with Crippen molar-refractivity contribution in [2.75, 3.05) is 7.05 Å². The number of hydrogen-bond acceptors (Lipinski definition) is 5. The first kappa shape index (κ1) is 14.4. The molecule has 0 aliphatic carbocycles. The standard InChI is InChI=1S/C15H15N5OS/c1-11(14-16-7-8-22-14)19(2)15(21)12-3-5-13(6-4-12)20-9-17-18-10-20/h3-11H,1-2H3. The Morgan fingerprint density at radius 1 is 1.23 bits per heavy atom. The summed E-state index contributed by atoms with van der Waals surface area (Å²) < 4.78 is 1.79. The van der Waals surface area contributed by atoms with Gasteiger partial charge in [0.1, 0.15) is 17.7 Å². The summed E-state index contributed by atoms with van der Waals surface area (Å²) in [6.45, 7) is 1.97. The molecule has 1 atom stereocenters. The van der Waals surface area contributed by atoms with Crippen LogP contribution in [0.15, 0.2) is 48.5 Å². The quantitative estimate of drug-likeness (QED) is 0.742. The normalized spacial score (nSPS) is 12.1. The highest BCUT2D eigenvalue weighted by molar-refractivity contribution is 7.09. The highest BCUT2D eigenvalue weighted by Gasteiger charge is 2.20. The molecule has 3 aromatic rings. The van der Waals surface area contributed by atoms with Gasteiger partial charge in [0, 0.05) is 29.9 Å². The number of thiazole rings is 1. The van der Waals surface area contributed by atoms with Crippen molar-refractivity contribution < 1.29 is 4.79 Å². The molecule has 0 bridgehead atoms. The van der Waals surface area contributed by atoms with Crippen LogP contribution in [0.4, 0.5) is 0 Å². The van der Waals surface area contributed by atoms with Crippen molar-refractivity contribution in [1.29, 1.82) is 0 Å². The van der Waals surface area contributed by atoms with E-state index in [1.807, 2.05) is 36.6 Å². The second kappa shape index (κ2) is 6.07. The van der Waals surface area contributed by atoms with E-state index in [2.05, 4.69) is 15.2 Å². The van der Waals surface area contributed by atoms with Crippen molar-refractivity contribution in [1.82, 2.24) is 24.6 Å². The first-order valence-corrected chi connectivity index (χ1v) is 7.66. The van der Waals surface area contributed by atoms with Gasteiger partial charge in [0.25, 0.3) is 5.91 Å². The Labute approximate surface area is 132 Å². The molecule has 0 aliphatic rings. The fourth-order valence-corrected chi connectivity index (χ4v) is 2.83. The fourth-order valence-electron chi connectivity index (χ4n) is 2.10. The summed E-state index contributed by atoms with van der Waals surface area (Å²) in [6.07, 6.45) is 4.99. The molecular formula is C15H15N5OS. The third kappa shape index (κ3) is 2.75. The van der Waals surface area contributed by atoms with Gasteiger partial charge in [-0.15, -0.1) is 21.5 Å². The first-order valence-electron chi connectivity index (χ1n) is 6.78. The van der Waals surface area contributed by atoms with E-state index >= 15 is 0 Å². The van der Waals surface area contributed by atoms with Crippen LogP contribution in [0.25, 0.3) is 5.69 Å². The second-order valence-electron chi connectivity index (χ2n) is 4.88. The molecule has 2 heterocycles. The van der Waals surface area contributed by atoms with Crippen molar-refractivity contribution in [3.63, 3.8) is 0 Å². The van der Waals surface area contributed by atoms with Gasteiger partial charge in [0.2, 0.25) is 0 Å². The highest BCUT2D eigenvalue weighted by Crippen LogP contribution is 2.22. The summed E-state index contributed by atoms with van der Waals surface area (Å²) in [5, 5.41) is 10.4. The lowest BCUT2D eigenvalue weighted by Gasteiger charge is -2.23. The smallest absolute Gasteiger partial charge is 0.254 e. The number of carbonyl (C=O) groups excluding carboxylic acids is 1. The third-order valence-electron chi connectivity index (χ3n) is 3.54. The van der Waals surface area contributed by atoms with Crippen molar-refractivity contribution in [2.24, 2.45) is 0 Å². The molecule has 0 saturated heterocycles. The lowest BCUT2D eigenvalue weighted by molar-refractivity contribution is 0.0742. The Balaban J connectivity index is 1.77. The lowest BCUT2D eigenvalue weighted by atomic mass is 10.1. The molecule has 0 fully saturated rings. The van der Waals surface area contributed by atoms with E-state index in [1.54, 1.807) is 46.7 Å². The number of benzene rings is 1. The summed E-state index contributed by atoms with van der Waals surface area (Å²) in [5.41, 5.74) is 1.56. The van der Waals surface area contributed by atoms with Crippen LogP contribution < -0.4 is 0 Å². The summed E-state index contributed by atoms with van der Waals surface area (Å²) >= 11 is 1.55. The minimum absolute atomic E-state index is 0.0296. The average Bonchev–Trinajstić information content (AvgIpc) is 3.26. The maximum atomic E-state index is 12.6. The predicted octanol–water partition coefficient (Wildman–Crippen LogP) is 2.56. The average molecular weight is 313 g/mol. The van der Waals surface area contributed by atoms with Gasteiger partial charge in [0.15, 0.2) is 0 Å². The van der Waals surface area contributed by atoms with Crippen LogP contribution in [0, 0.1) is 0 Å². The van der Waals surface area contributed by atoms with Gasteiger partial charge in [-0.3, -0.25) is 9.36 Å². The van der Waals surface area contributed by atoms with E-state index in [0.29, 0.717) is 5.56 Å². The molecule has 112 valence electrons. The number of hydrogen-bond donors (Lipinski definition) is 0. The molecule has 0 radical (unpaired) electrons. The van der Waals surface area contributed by atoms with Crippen LogP contribution in [0.1, 0.15) is 28.3 Å². The van der Waals surface area contributed by atoms with Gasteiger partial charge in [-0.2, -0.15) is 0 Å². The Morgan fingerprint density at radius 2 is 1.91 bits per heavy atom. The Bertz CT molecular complexity index is 737. The van der Waals surface area contributed by atoms with Crippen molar-refractivity contribution >= 4 is 17.2 Å². The van der Waals surface area contributed by atoms with E-state index < -0.39 is 0 Å². The molecule has 0 spiro atoms. The number of aromatic nitrogens is 4. The molecule has 6 nitrogen and oxygen atoms in total. The largest absolute Gasteiger partial charge is 0.333 e. The van der Waals surface area contributed by atoms with Gasteiger partial charge in [-0.1, -0.05) is 0 Å². The van der Waals surface area contributed by atoms with Gasteiger partial charge < -0.3 is 4.90 Å². The van der Waals surface area contributed by atoms with Gasteiger partial charge in [0.05, 0.1) is 6.04 Å². The maximum Gasteiger partial charge on any atom is 0.254 e. The molecule has 22 heavy (non-hydrogen) atoms. The van der Waals surface area contributed by atoms with Crippen LogP contribution >= 0.6 is 11.3 Å². The fraction of sp³-hybridized carbons (Fsp3) is 0.200. The first-order chi connectivity index (χ1) is 10.7. The molecule has 1 unspecified atom stereocenters. The van der Waals surface area contributed by atoms with Crippen LogP contribution in [-0.4, -0.2) is 37.6 Å². The summed E-state index contributed by atoms with van der Waals surface area (Å²) in [7, 11) is 1.79. The second-order valence-corrected chi connectivity index (χ2v) is 5.80. The third-order valence-corrected chi connectivity index (χ3v) is 4.49. The minimum Gasteiger partial charge on any atom is -0.333 e. The van der Waals surface area contributed by atoms with Crippen molar-refractivity contribution in [3.8, 4) is 5.69 Å². The van der Waals surface area contributed by atoms with Crippen LogP contribution in [0.2, 0.25) is 0 Å². The van der Waals surface area contributed by atoms with Crippen LogP contribution in [0.5, 0.6) is 0 Å². The van der Waals surface area contributed by atoms with Gasteiger partial charge >= 0.3 is 0 Å². The van der Waals surface area contributed by atoms with Gasteiger partial charge in [-0.25, -0.2) is 4.98 Å². The molecular weight excluding hydrogens is 298 g/mol. The van der Waals surface area contributed by atoms with Crippen molar-refractivity contribution in [3.05, 3.63) is 59.1 Å². The van der Waals surface area contributed by atoms with E-state index in [-0.39, 0.29) is 11.9 Å². The van der Waals surface area contributed by atoms with Gasteiger partial charge in [-0.05, 0) is 31.2 Å². The lowest BCUT2D eigenvalue weighted by Crippen LogP contribution is -2.29. The Morgan fingerprint density at radius 3 is 2.50 bits per heavy atom. The SMILES string of the molecule is CC(c1nccs1)N(C)C(=O)c1ccc(-n2cnnc2)cc1. The van der Waals surface area contributed by atoms with Crippen molar-refractivity contribution in [2.45, 2.75) is 13.0 Å².